The first-order valence-corrected chi connectivity index (χ1v) is 13.0. The van der Waals surface area contributed by atoms with Gasteiger partial charge in [-0.15, -0.1) is 0 Å². The second kappa shape index (κ2) is 11.9. The Balaban J connectivity index is 2.14. The molecular formula is C24H38ClN3O6S. The molecule has 1 aliphatic heterocycles. The topological polar surface area (TPSA) is 106 Å². The largest absolute Gasteiger partial charge is 0.467 e. The summed E-state index contributed by atoms with van der Waals surface area (Å²) in [4.78, 5) is 26.5. The van der Waals surface area contributed by atoms with Crippen LogP contribution in [0.3, 0.4) is 0 Å². The van der Waals surface area contributed by atoms with Crippen molar-refractivity contribution >= 4 is 34.6 Å². The smallest absolute Gasteiger partial charge is 0.410 e. The van der Waals surface area contributed by atoms with Gasteiger partial charge in [-0.3, -0.25) is 4.79 Å². The van der Waals surface area contributed by atoms with Crippen molar-refractivity contribution in [3.05, 3.63) is 28.3 Å². The minimum absolute atomic E-state index is 0.0259. The number of hydrogen-bond donors (Lipinski definition) is 2. The Bertz CT molecular complexity index is 938. The van der Waals surface area contributed by atoms with Gasteiger partial charge in [0, 0.05) is 37.3 Å². The maximum atomic E-state index is 12.9. The Morgan fingerprint density at radius 1 is 1.20 bits per heavy atom. The number of rotatable bonds is 9. The van der Waals surface area contributed by atoms with E-state index in [1.807, 2.05) is 27.7 Å². The molecule has 0 saturated carbocycles. The molecule has 1 saturated heterocycles. The van der Waals surface area contributed by atoms with E-state index in [4.69, 9.17) is 25.8 Å². The first-order valence-electron chi connectivity index (χ1n) is 11.5. The molecule has 9 nitrogen and oxygen atoms in total. The van der Waals surface area contributed by atoms with Gasteiger partial charge in [-0.1, -0.05) is 11.6 Å². The molecule has 11 heteroatoms. The Morgan fingerprint density at radius 2 is 1.83 bits per heavy atom. The second-order valence-corrected chi connectivity index (χ2v) is 13.0. The Labute approximate surface area is 215 Å². The lowest BCUT2D eigenvalue weighted by molar-refractivity contribution is -0.129. The van der Waals surface area contributed by atoms with Crippen LogP contribution in [0.5, 0.6) is 5.75 Å². The quantitative estimate of drug-likeness (QED) is 0.470. The fourth-order valence-corrected chi connectivity index (χ4v) is 4.17. The van der Waals surface area contributed by atoms with E-state index in [9.17, 15) is 13.8 Å². The highest BCUT2D eigenvalue weighted by atomic mass is 35.5. The lowest BCUT2D eigenvalue weighted by Crippen LogP contribution is -2.57. The van der Waals surface area contributed by atoms with Crippen molar-refractivity contribution in [2.75, 3.05) is 33.5 Å². The highest BCUT2D eigenvalue weighted by molar-refractivity contribution is 7.84. The standard InChI is InChI=1S/C24H38ClN3O6S/c1-15-9-20(33-14-32-8)17(10-18(15)25)19(27-35(31)24(5,6)7)11-26-21(29)16-12-28(13-16)22(30)34-23(2,3)4/h9-10,16,19,27H,11-14H2,1-8H3,(H,26,29)/t19-,35+/m1/s1. The zero-order valence-electron chi connectivity index (χ0n) is 21.8. The van der Waals surface area contributed by atoms with Gasteiger partial charge in [0.1, 0.15) is 11.4 Å². The van der Waals surface area contributed by atoms with Crippen LogP contribution in [0.15, 0.2) is 12.1 Å². The summed E-state index contributed by atoms with van der Waals surface area (Å²) in [6.07, 6.45) is -0.434. The van der Waals surface area contributed by atoms with E-state index in [2.05, 4.69) is 10.0 Å². The predicted molar refractivity (Wildman–Crippen MR) is 137 cm³/mol. The molecule has 0 aromatic heterocycles. The average Bonchev–Trinajstić information content (AvgIpc) is 2.68. The summed E-state index contributed by atoms with van der Waals surface area (Å²) >= 11 is 6.40. The molecule has 1 heterocycles. The van der Waals surface area contributed by atoms with Crippen molar-refractivity contribution in [3.8, 4) is 5.75 Å². The molecule has 1 aliphatic rings. The van der Waals surface area contributed by atoms with Crippen LogP contribution in [0.4, 0.5) is 4.79 Å². The summed E-state index contributed by atoms with van der Waals surface area (Å²) in [6.45, 7) is 13.6. The summed E-state index contributed by atoms with van der Waals surface area (Å²) in [5.74, 6) is -0.0241. The third-order valence-electron chi connectivity index (χ3n) is 5.19. The summed E-state index contributed by atoms with van der Waals surface area (Å²) in [6, 6.07) is 2.99. The van der Waals surface area contributed by atoms with Gasteiger partial charge in [0.05, 0.1) is 27.7 Å². The van der Waals surface area contributed by atoms with Crippen molar-refractivity contribution in [1.82, 2.24) is 14.9 Å². The molecule has 0 bridgehead atoms. The highest BCUT2D eigenvalue weighted by Crippen LogP contribution is 2.32. The SMILES string of the molecule is COCOc1cc(C)c(Cl)cc1[C@@H](CNC(=O)C1CN(C(=O)OC(C)(C)C)C1)N[S@@](=O)C(C)(C)C. The summed E-state index contributed by atoms with van der Waals surface area (Å²) in [7, 11) is 0.0906. The van der Waals surface area contributed by atoms with Crippen LogP contribution in [-0.4, -0.2) is 65.0 Å². The summed E-state index contributed by atoms with van der Waals surface area (Å²) in [5, 5.41) is 3.45. The van der Waals surface area contributed by atoms with Crippen LogP contribution >= 0.6 is 11.6 Å². The van der Waals surface area contributed by atoms with Gasteiger partial charge >= 0.3 is 6.09 Å². The fourth-order valence-electron chi connectivity index (χ4n) is 3.18. The summed E-state index contributed by atoms with van der Waals surface area (Å²) < 4.78 is 31.7. The van der Waals surface area contributed by atoms with E-state index < -0.39 is 33.5 Å². The van der Waals surface area contributed by atoms with Crippen LogP contribution in [0.25, 0.3) is 0 Å². The normalized spacial score (nSPS) is 16.3. The van der Waals surface area contributed by atoms with Crippen molar-refractivity contribution in [2.24, 2.45) is 5.92 Å². The molecule has 35 heavy (non-hydrogen) atoms. The minimum Gasteiger partial charge on any atom is -0.467 e. The second-order valence-electron chi connectivity index (χ2n) is 10.6. The molecule has 1 aromatic carbocycles. The Kier molecular flexibility index (Phi) is 9.98. The molecule has 2 amide bonds. The summed E-state index contributed by atoms with van der Waals surface area (Å²) in [5.41, 5.74) is 0.877. The molecule has 198 valence electrons. The molecule has 0 spiro atoms. The maximum absolute atomic E-state index is 12.9. The number of nitrogens with one attached hydrogen (secondary N) is 2. The number of hydrogen-bond acceptors (Lipinski definition) is 6. The van der Waals surface area contributed by atoms with E-state index in [0.717, 1.165) is 5.56 Å². The number of methoxy groups -OCH3 is 1. The molecule has 1 fully saturated rings. The molecule has 2 atom stereocenters. The van der Waals surface area contributed by atoms with Gasteiger partial charge < -0.3 is 24.4 Å². The van der Waals surface area contributed by atoms with Crippen molar-refractivity contribution in [2.45, 2.75) is 64.9 Å². The van der Waals surface area contributed by atoms with Gasteiger partial charge in [0.15, 0.2) is 6.79 Å². The van der Waals surface area contributed by atoms with E-state index in [1.165, 1.54) is 12.0 Å². The molecule has 0 aliphatic carbocycles. The van der Waals surface area contributed by atoms with Gasteiger partial charge in [-0.05, 0) is 66.2 Å². The highest BCUT2D eigenvalue weighted by Gasteiger charge is 2.38. The van der Waals surface area contributed by atoms with Gasteiger partial charge in [0.25, 0.3) is 0 Å². The molecule has 0 radical (unpaired) electrons. The first kappa shape index (κ1) is 29.4. The molecular weight excluding hydrogens is 494 g/mol. The number of nitrogens with zero attached hydrogens (tertiary/aromatic N) is 1. The average molecular weight is 532 g/mol. The third-order valence-corrected chi connectivity index (χ3v) is 7.21. The van der Waals surface area contributed by atoms with Crippen molar-refractivity contribution < 1.29 is 28.0 Å². The van der Waals surface area contributed by atoms with E-state index >= 15 is 0 Å². The van der Waals surface area contributed by atoms with Gasteiger partial charge in [-0.25, -0.2) is 13.7 Å². The number of ether oxygens (including phenoxy) is 3. The Morgan fingerprint density at radius 3 is 2.37 bits per heavy atom. The first-order chi connectivity index (χ1) is 16.1. The van der Waals surface area contributed by atoms with Gasteiger partial charge in [-0.2, -0.15) is 0 Å². The van der Waals surface area contributed by atoms with Crippen LogP contribution in [0.2, 0.25) is 5.02 Å². The van der Waals surface area contributed by atoms with Crippen molar-refractivity contribution in [1.29, 1.82) is 0 Å². The number of likely N-dealkylation sites (tertiary alicyclic amines) is 1. The van der Waals surface area contributed by atoms with E-state index in [0.29, 0.717) is 16.3 Å². The molecule has 2 N–H and O–H groups in total. The number of amides is 2. The molecule has 2 rings (SSSR count). The number of aryl methyl sites for hydroxylation is 1. The molecule has 0 unspecified atom stereocenters. The van der Waals surface area contributed by atoms with Gasteiger partial charge in [0.2, 0.25) is 5.91 Å². The fraction of sp³-hybridized carbons (Fsp3) is 0.667. The van der Waals surface area contributed by atoms with E-state index in [-0.39, 0.29) is 38.3 Å². The number of halogens is 1. The monoisotopic (exact) mass is 531 g/mol. The number of carbonyl (C=O) groups is 2. The number of benzene rings is 1. The van der Waals surface area contributed by atoms with Crippen LogP contribution in [-0.2, 0) is 25.3 Å². The van der Waals surface area contributed by atoms with Crippen LogP contribution in [0, 0.1) is 12.8 Å². The lowest BCUT2D eigenvalue weighted by Gasteiger charge is -2.39. The van der Waals surface area contributed by atoms with E-state index in [1.54, 1.807) is 32.9 Å². The van der Waals surface area contributed by atoms with Crippen molar-refractivity contribution in [3.63, 3.8) is 0 Å². The van der Waals surface area contributed by atoms with Crippen LogP contribution < -0.4 is 14.8 Å². The third kappa shape index (κ3) is 8.63. The predicted octanol–water partition coefficient (Wildman–Crippen LogP) is 3.71. The zero-order valence-corrected chi connectivity index (χ0v) is 23.4. The maximum Gasteiger partial charge on any atom is 0.410 e. The number of carbonyl (C=O) groups excluding carboxylic acids is 2. The van der Waals surface area contributed by atoms with Crippen LogP contribution in [0.1, 0.15) is 58.7 Å². The Hall–Kier alpha value is -1.88. The molecule has 1 aromatic rings. The minimum atomic E-state index is -1.43. The zero-order chi connectivity index (χ0) is 26.6. The lowest BCUT2D eigenvalue weighted by atomic mass is 9.99.